The molecule has 7 nitrogen and oxygen atoms in total. The number of nitrogens with two attached hydrogens (primary N) is 1. The van der Waals surface area contributed by atoms with E-state index < -0.39 is 21.2 Å². The molecule has 0 unspecified atom stereocenters. The van der Waals surface area contributed by atoms with Crippen LogP contribution in [0.15, 0.2) is 60.9 Å². The Morgan fingerprint density at radius 3 is 2.52 bits per heavy atom. The van der Waals surface area contributed by atoms with E-state index in [-0.39, 0.29) is 11.3 Å². The molecule has 3 rings (SSSR count). The Bertz CT molecular complexity index is 1070. The van der Waals surface area contributed by atoms with E-state index in [9.17, 15) is 13.2 Å². The number of hydrogen-bond acceptors (Lipinski definition) is 5. The molecule has 27 heavy (non-hydrogen) atoms. The Hall–Kier alpha value is -3.13. The number of nitrogens with zero attached hydrogens (tertiary/aromatic N) is 2. The van der Waals surface area contributed by atoms with Crippen molar-refractivity contribution >= 4 is 21.6 Å². The van der Waals surface area contributed by atoms with E-state index in [4.69, 9.17) is 5.73 Å². The number of benzene rings is 2. The molecule has 0 fully saturated rings. The Balaban J connectivity index is 2.01. The lowest BCUT2D eigenvalue weighted by molar-refractivity contribution is 0.0982. The van der Waals surface area contributed by atoms with Crippen LogP contribution in [-0.4, -0.2) is 29.1 Å². The van der Waals surface area contributed by atoms with Crippen LogP contribution in [-0.2, 0) is 10.0 Å². The second-order valence-corrected chi connectivity index (χ2v) is 8.52. The summed E-state index contributed by atoms with van der Waals surface area (Å²) in [5.74, 6) is -0.0639. The molecule has 0 aliphatic rings. The summed E-state index contributed by atoms with van der Waals surface area (Å²) < 4.78 is 27.8. The average molecular weight is 384 g/mol. The Kier molecular flexibility index (Phi) is 5.00. The smallest absolute Gasteiger partial charge is 0.266 e. The van der Waals surface area contributed by atoms with E-state index in [1.165, 1.54) is 13.8 Å². The molecule has 0 aliphatic heterocycles. The normalized spacial score (nSPS) is 11.5. The van der Waals surface area contributed by atoms with E-state index in [0.717, 1.165) is 5.56 Å². The minimum Gasteiger partial charge on any atom is -0.398 e. The van der Waals surface area contributed by atoms with Crippen molar-refractivity contribution in [2.45, 2.75) is 19.1 Å². The van der Waals surface area contributed by atoms with Gasteiger partial charge in [0.1, 0.15) is 5.82 Å². The van der Waals surface area contributed by atoms with E-state index in [0.29, 0.717) is 11.5 Å². The lowest BCUT2D eigenvalue weighted by Gasteiger charge is -2.13. The van der Waals surface area contributed by atoms with Crippen LogP contribution in [0.4, 0.5) is 5.69 Å². The Morgan fingerprint density at radius 2 is 1.85 bits per heavy atom. The van der Waals surface area contributed by atoms with Crippen LogP contribution in [0.5, 0.6) is 0 Å². The summed E-state index contributed by atoms with van der Waals surface area (Å²) in [7, 11) is -3.75. The number of amides is 1. The molecule has 0 atom stereocenters. The number of carbonyl (C=O) groups excluding carboxylic acids is 1. The first kappa shape index (κ1) is 18.7. The maximum atomic E-state index is 12.5. The molecular formula is C19H20N4O3S. The molecule has 0 saturated carbocycles. The number of anilines is 1. The van der Waals surface area contributed by atoms with Crippen LogP contribution >= 0.6 is 0 Å². The lowest BCUT2D eigenvalue weighted by atomic mass is 10.1. The maximum absolute atomic E-state index is 12.5. The number of hydrogen-bond donors (Lipinski definition) is 2. The monoisotopic (exact) mass is 384 g/mol. The summed E-state index contributed by atoms with van der Waals surface area (Å²) in [5, 5.41) is -0.732. The number of rotatable bonds is 5. The van der Waals surface area contributed by atoms with Crippen molar-refractivity contribution < 1.29 is 13.2 Å². The Labute approximate surface area is 157 Å². The fourth-order valence-electron chi connectivity index (χ4n) is 2.51. The van der Waals surface area contributed by atoms with Crippen LogP contribution in [0.3, 0.4) is 0 Å². The molecule has 1 heterocycles. The van der Waals surface area contributed by atoms with Gasteiger partial charge in [-0.15, -0.1) is 0 Å². The molecular weight excluding hydrogens is 364 g/mol. The number of aromatic nitrogens is 2. The van der Waals surface area contributed by atoms with Crippen LogP contribution in [0.2, 0.25) is 0 Å². The molecule has 0 saturated heterocycles. The van der Waals surface area contributed by atoms with Gasteiger partial charge < -0.3 is 5.73 Å². The quantitative estimate of drug-likeness (QED) is 0.658. The predicted molar refractivity (Wildman–Crippen MR) is 105 cm³/mol. The molecule has 0 spiro atoms. The SMILES string of the molecule is CC(C)S(=O)(=O)NC(=O)c1cc(-n2ccnc2-c2ccccc2)ccc1N. The van der Waals surface area contributed by atoms with E-state index >= 15 is 0 Å². The van der Waals surface area contributed by atoms with Crippen molar-refractivity contribution in [2.75, 3.05) is 5.73 Å². The van der Waals surface area contributed by atoms with Crippen molar-refractivity contribution in [3.8, 4) is 17.1 Å². The van der Waals surface area contributed by atoms with Gasteiger partial charge in [-0.25, -0.2) is 18.1 Å². The molecule has 3 N–H and O–H groups in total. The highest BCUT2D eigenvalue weighted by molar-refractivity contribution is 7.90. The standard InChI is InChI=1S/C19H20N4O3S/c1-13(2)27(25,26)22-19(24)16-12-15(8-9-17(16)20)23-11-10-21-18(23)14-6-4-3-5-7-14/h3-13H,20H2,1-2H3,(H,22,24). The summed E-state index contributed by atoms with van der Waals surface area (Å²) in [6.45, 7) is 2.99. The van der Waals surface area contributed by atoms with Crippen molar-refractivity contribution in [3.63, 3.8) is 0 Å². The predicted octanol–water partition coefficient (Wildman–Crippen LogP) is 2.59. The van der Waals surface area contributed by atoms with Gasteiger partial charge in [-0.1, -0.05) is 30.3 Å². The third-order valence-electron chi connectivity index (χ3n) is 4.09. The van der Waals surface area contributed by atoms with Crippen molar-refractivity contribution in [1.82, 2.24) is 14.3 Å². The van der Waals surface area contributed by atoms with Gasteiger partial charge >= 0.3 is 0 Å². The molecule has 0 bridgehead atoms. The molecule has 0 radical (unpaired) electrons. The Morgan fingerprint density at radius 1 is 1.15 bits per heavy atom. The molecule has 3 aromatic rings. The van der Waals surface area contributed by atoms with E-state index in [1.54, 1.807) is 30.6 Å². The molecule has 1 amide bonds. The highest BCUT2D eigenvalue weighted by Crippen LogP contribution is 2.24. The number of nitrogens with one attached hydrogen (secondary N) is 1. The second-order valence-electron chi connectivity index (χ2n) is 6.28. The zero-order valence-electron chi connectivity index (χ0n) is 15.0. The molecule has 1 aromatic heterocycles. The minimum atomic E-state index is -3.75. The van der Waals surface area contributed by atoms with Crippen molar-refractivity contribution in [1.29, 1.82) is 0 Å². The minimum absolute atomic E-state index is 0.0874. The van der Waals surface area contributed by atoms with Gasteiger partial charge in [-0.3, -0.25) is 9.36 Å². The fraction of sp³-hybridized carbons (Fsp3) is 0.158. The highest BCUT2D eigenvalue weighted by Gasteiger charge is 2.22. The first-order valence-corrected chi connectivity index (χ1v) is 9.89. The van der Waals surface area contributed by atoms with E-state index in [1.807, 2.05) is 34.9 Å². The van der Waals surface area contributed by atoms with Crippen LogP contribution in [0.25, 0.3) is 17.1 Å². The maximum Gasteiger partial charge on any atom is 0.266 e. The first-order chi connectivity index (χ1) is 12.8. The lowest BCUT2D eigenvalue weighted by Crippen LogP contribution is -2.36. The van der Waals surface area contributed by atoms with Crippen molar-refractivity contribution in [3.05, 3.63) is 66.5 Å². The number of sulfonamides is 1. The molecule has 2 aromatic carbocycles. The van der Waals surface area contributed by atoms with Gasteiger partial charge in [0.15, 0.2) is 0 Å². The van der Waals surface area contributed by atoms with Crippen molar-refractivity contribution in [2.24, 2.45) is 0 Å². The highest BCUT2D eigenvalue weighted by atomic mass is 32.2. The van der Waals surface area contributed by atoms with Gasteiger partial charge in [0, 0.05) is 29.3 Å². The summed E-state index contributed by atoms with van der Waals surface area (Å²) >= 11 is 0. The summed E-state index contributed by atoms with van der Waals surface area (Å²) in [5.41, 5.74) is 7.74. The second kappa shape index (κ2) is 7.24. The molecule has 0 aliphatic carbocycles. The molecule has 8 heteroatoms. The van der Waals surface area contributed by atoms with Gasteiger partial charge in [0.25, 0.3) is 5.91 Å². The van der Waals surface area contributed by atoms with Gasteiger partial charge in [-0.05, 0) is 32.0 Å². The van der Waals surface area contributed by atoms with Gasteiger partial charge in [-0.2, -0.15) is 0 Å². The average Bonchev–Trinajstić information content (AvgIpc) is 3.12. The zero-order valence-corrected chi connectivity index (χ0v) is 15.8. The topological polar surface area (TPSA) is 107 Å². The summed E-state index contributed by atoms with van der Waals surface area (Å²) in [4.78, 5) is 16.8. The van der Waals surface area contributed by atoms with E-state index in [2.05, 4.69) is 9.71 Å². The number of imidazole rings is 1. The van der Waals surface area contributed by atoms with Gasteiger partial charge in [0.2, 0.25) is 10.0 Å². The third-order valence-corrected chi connectivity index (χ3v) is 5.80. The third kappa shape index (κ3) is 3.85. The number of carbonyl (C=O) groups is 1. The fourth-order valence-corrected chi connectivity index (χ4v) is 3.11. The van der Waals surface area contributed by atoms with Gasteiger partial charge in [0.05, 0.1) is 10.8 Å². The number of nitrogen functional groups attached to an aromatic ring is 1. The molecule has 140 valence electrons. The largest absolute Gasteiger partial charge is 0.398 e. The van der Waals surface area contributed by atoms with Crippen LogP contribution in [0.1, 0.15) is 24.2 Å². The summed E-state index contributed by atoms with van der Waals surface area (Å²) in [6, 6.07) is 14.5. The first-order valence-electron chi connectivity index (χ1n) is 8.34. The van der Waals surface area contributed by atoms with Crippen LogP contribution < -0.4 is 10.5 Å². The zero-order chi connectivity index (χ0) is 19.6. The van der Waals surface area contributed by atoms with Crippen LogP contribution in [0, 0.1) is 0 Å². The summed E-state index contributed by atoms with van der Waals surface area (Å²) in [6.07, 6.45) is 3.42.